The molecule has 0 aliphatic carbocycles. The second kappa shape index (κ2) is 4.83. The molecule has 0 atom stereocenters. The molecule has 0 aliphatic heterocycles. The highest BCUT2D eigenvalue weighted by molar-refractivity contribution is 5.89. The van der Waals surface area contributed by atoms with Crippen LogP contribution in [0.2, 0.25) is 0 Å². The summed E-state index contributed by atoms with van der Waals surface area (Å²) in [6.07, 6.45) is -8.61. The number of methoxy groups -OCH3 is 1. The van der Waals surface area contributed by atoms with Crippen molar-refractivity contribution >= 4 is 5.97 Å². The lowest BCUT2D eigenvalue weighted by molar-refractivity contribution is -0.140. The summed E-state index contributed by atoms with van der Waals surface area (Å²) in [5.41, 5.74) is -4.49. The number of hydrogen-bond donors (Lipinski definition) is 0. The van der Waals surface area contributed by atoms with Crippen molar-refractivity contribution in [2.45, 2.75) is 12.6 Å². The first-order valence-electron chi connectivity index (χ1n) is 4.32. The minimum Gasteiger partial charge on any atom is -0.464 e. The van der Waals surface area contributed by atoms with Gasteiger partial charge in [-0.2, -0.15) is 17.6 Å². The Morgan fingerprint density at radius 1 is 1.39 bits per heavy atom. The fourth-order valence-corrected chi connectivity index (χ4v) is 1.13. The molecule has 0 N–H and O–H groups in total. The summed E-state index contributed by atoms with van der Waals surface area (Å²) in [5, 5.41) is 0. The molecule has 3 nitrogen and oxygen atoms in total. The van der Waals surface area contributed by atoms with E-state index in [4.69, 9.17) is 0 Å². The number of alkyl halides is 5. The van der Waals surface area contributed by atoms with Crippen LogP contribution in [0.1, 0.15) is 28.0 Å². The molecule has 0 radical (unpaired) electrons. The van der Waals surface area contributed by atoms with E-state index in [9.17, 15) is 31.1 Å². The predicted molar refractivity (Wildman–Crippen MR) is 45.5 cm³/mol. The minimum absolute atomic E-state index is 0.154. The van der Waals surface area contributed by atoms with Crippen LogP contribution in [-0.2, 0) is 10.9 Å². The van der Waals surface area contributed by atoms with Crippen LogP contribution in [0.4, 0.5) is 26.3 Å². The maximum Gasteiger partial charge on any atom is 0.420 e. The van der Waals surface area contributed by atoms with Gasteiger partial charge in [-0.15, -0.1) is 0 Å². The van der Waals surface area contributed by atoms with Crippen molar-refractivity contribution in [2.75, 3.05) is 7.11 Å². The molecular formula is C9H5F6NO2. The molecule has 0 aromatic carbocycles. The number of carbonyl (C=O) groups is 1. The third-order valence-electron chi connectivity index (χ3n) is 1.92. The Bertz CT molecular complexity index is 471. The Kier molecular flexibility index (Phi) is 3.82. The van der Waals surface area contributed by atoms with Gasteiger partial charge in [0.05, 0.1) is 12.7 Å². The summed E-state index contributed by atoms with van der Waals surface area (Å²) in [5.74, 6) is -3.51. The molecule has 0 saturated heterocycles. The molecule has 0 amide bonds. The standard InChI is InChI=1S/C9H5F6NO2/c1-18-8(17)5-3(6(10)11)2-4(7(12)16-5)9(13,14)15/h2,6H,1H3. The van der Waals surface area contributed by atoms with E-state index in [1.54, 1.807) is 0 Å². The zero-order valence-electron chi connectivity index (χ0n) is 8.69. The van der Waals surface area contributed by atoms with Gasteiger partial charge in [-0.25, -0.2) is 18.6 Å². The number of carbonyl (C=O) groups excluding carboxylic acids is 1. The first kappa shape index (κ1) is 14.3. The molecular weight excluding hydrogens is 268 g/mol. The SMILES string of the molecule is COC(=O)c1nc(F)c(C(F)(F)F)cc1C(F)F. The normalized spacial score (nSPS) is 11.8. The zero-order chi connectivity index (χ0) is 14.1. The molecule has 1 aromatic rings. The third-order valence-corrected chi connectivity index (χ3v) is 1.92. The summed E-state index contributed by atoms with van der Waals surface area (Å²) in [6, 6.07) is -0.154. The first-order chi connectivity index (χ1) is 8.18. The number of aromatic nitrogens is 1. The predicted octanol–water partition coefficient (Wildman–Crippen LogP) is 2.96. The van der Waals surface area contributed by atoms with Gasteiger partial charge in [0.2, 0.25) is 5.95 Å². The van der Waals surface area contributed by atoms with Crippen molar-refractivity contribution in [3.63, 3.8) is 0 Å². The Morgan fingerprint density at radius 3 is 2.33 bits per heavy atom. The number of rotatable bonds is 2. The van der Waals surface area contributed by atoms with Crippen LogP contribution in [0.15, 0.2) is 6.07 Å². The largest absolute Gasteiger partial charge is 0.464 e. The molecule has 1 rings (SSSR count). The zero-order valence-corrected chi connectivity index (χ0v) is 8.69. The summed E-state index contributed by atoms with van der Waals surface area (Å²) in [7, 11) is 0.800. The molecule has 0 unspecified atom stereocenters. The van der Waals surface area contributed by atoms with Crippen LogP contribution in [0, 0.1) is 5.95 Å². The fraction of sp³-hybridized carbons (Fsp3) is 0.333. The van der Waals surface area contributed by atoms with Crippen molar-refractivity contribution in [1.29, 1.82) is 0 Å². The van der Waals surface area contributed by atoms with E-state index in [2.05, 4.69) is 9.72 Å². The van der Waals surface area contributed by atoms with Crippen LogP contribution in [0.5, 0.6) is 0 Å². The Balaban J connectivity index is 3.49. The van der Waals surface area contributed by atoms with Gasteiger partial charge in [0, 0.05) is 0 Å². The van der Waals surface area contributed by atoms with Crippen molar-refractivity contribution in [3.8, 4) is 0 Å². The first-order valence-corrected chi connectivity index (χ1v) is 4.32. The van der Waals surface area contributed by atoms with Crippen LogP contribution >= 0.6 is 0 Å². The number of halogens is 6. The van der Waals surface area contributed by atoms with Gasteiger partial charge in [-0.1, -0.05) is 0 Å². The van der Waals surface area contributed by atoms with Crippen LogP contribution in [0.25, 0.3) is 0 Å². The van der Waals surface area contributed by atoms with E-state index in [1.165, 1.54) is 0 Å². The summed E-state index contributed by atoms with van der Waals surface area (Å²) in [6.45, 7) is 0. The molecule has 18 heavy (non-hydrogen) atoms. The summed E-state index contributed by atoms with van der Waals surface area (Å²) < 4.78 is 78.8. The highest BCUT2D eigenvalue weighted by Gasteiger charge is 2.37. The molecule has 0 fully saturated rings. The average molecular weight is 273 g/mol. The van der Waals surface area contributed by atoms with Crippen molar-refractivity contribution in [2.24, 2.45) is 0 Å². The third kappa shape index (κ3) is 2.71. The molecule has 0 bridgehead atoms. The van der Waals surface area contributed by atoms with Gasteiger partial charge in [0.15, 0.2) is 5.69 Å². The number of hydrogen-bond acceptors (Lipinski definition) is 3. The van der Waals surface area contributed by atoms with Crippen LogP contribution in [0.3, 0.4) is 0 Å². The fourth-order valence-electron chi connectivity index (χ4n) is 1.13. The van der Waals surface area contributed by atoms with Gasteiger partial charge < -0.3 is 4.74 Å². The lowest BCUT2D eigenvalue weighted by Gasteiger charge is -2.12. The topological polar surface area (TPSA) is 39.2 Å². The van der Waals surface area contributed by atoms with E-state index in [-0.39, 0.29) is 6.07 Å². The summed E-state index contributed by atoms with van der Waals surface area (Å²) >= 11 is 0. The monoisotopic (exact) mass is 273 g/mol. The Hall–Kier alpha value is -1.80. The van der Waals surface area contributed by atoms with E-state index in [0.29, 0.717) is 0 Å². The highest BCUT2D eigenvalue weighted by atomic mass is 19.4. The van der Waals surface area contributed by atoms with Gasteiger partial charge in [0.25, 0.3) is 6.43 Å². The van der Waals surface area contributed by atoms with E-state index in [1.807, 2.05) is 0 Å². The quantitative estimate of drug-likeness (QED) is 0.472. The number of esters is 1. The summed E-state index contributed by atoms with van der Waals surface area (Å²) in [4.78, 5) is 13.6. The van der Waals surface area contributed by atoms with Crippen LogP contribution in [-0.4, -0.2) is 18.1 Å². The van der Waals surface area contributed by atoms with E-state index >= 15 is 0 Å². The van der Waals surface area contributed by atoms with Gasteiger partial charge in [-0.05, 0) is 6.07 Å². The smallest absolute Gasteiger partial charge is 0.420 e. The van der Waals surface area contributed by atoms with Crippen LogP contribution < -0.4 is 0 Å². The average Bonchev–Trinajstić information content (AvgIpc) is 2.25. The molecule has 0 saturated carbocycles. The Morgan fingerprint density at radius 2 is 1.94 bits per heavy atom. The number of nitrogens with zero attached hydrogens (tertiary/aromatic N) is 1. The highest BCUT2D eigenvalue weighted by Crippen LogP contribution is 2.34. The molecule has 0 spiro atoms. The van der Waals surface area contributed by atoms with Crippen molar-refractivity contribution < 1.29 is 35.9 Å². The molecule has 0 aliphatic rings. The maximum atomic E-state index is 13.0. The minimum atomic E-state index is -5.19. The molecule has 1 heterocycles. The molecule has 9 heteroatoms. The van der Waals surface area contributed by atoms with E-state index < -0.39 is 41.3 Å². The molecule has 100 valence electrons. The van der Waals surface area contributed by atoms with Gasteiger partial charge in [0.1, 0.15) is 5.56 Å². The van der Waals surface area contributed by atoms with E-state index in [0.717, 1.165) is 7.11 Å². The number of ether oxygens (including phenoxy) is 1. The van der Waals surface area contributed by atoms with Crippen molar-refractivity contribution in [3.05, 3.63) is 28.8 Å². The second-order valence-corrected chi connectivity index (χ2v) is 3.05. The number of pyridine rings is 1. The van der Waals surface area contributed by atoms with Gasteiger partial charge >= 0.3 is 12.1 Å². The lowest BCUT2D eigenvalue weighted by atomic mass is 10.1. The lowest BCUT2D eigenvalue weighted by Crippen LogP contribution is -2.16. The molecule has 1 aromatic heterocycles. The van der Waals surface area contributed by atoms with Crippen molar-refractivity contribution in [1.82, 2.24) is 4.98 Å². The van der Waals surface area contributed by atoms with Gasteiger partial charge in [-0.3, -0.25) is 0 Å². The second-order valence-electron chi connectivity index (χ2n) is 3.05. The Labute approximate surface area is 96.4 Å². The maximum absolute atomic E-state index is 13.0.